The maximum atomic E-state index is 6.05. The van der Waals surface area contributed by atoms with Gasteiger partial charge in [0.2, 0.25) is 0 Å². The summed E-state index contributed by atoms with van der Waals surface area (Å²) in [6.45, 7) is 5.18. The summed E-state index contributed by atoms with van der Waals surface area (Å²) in [5.74, 6) is 0.943. The van der Waals surface area contributed by atoms with Crippen molar-refractivity contribution in [3.8, 4) is 0 Å². The molecule has 21 heavy (non-hydrogen) atoms. The van der Waals surface area contributed by atoms with Gasteiger partial charge in [-0.1, -0.05) is 25.4 Å². The van der Waals surface area contributed by atoms with Crippen LogP contribution in [0.3, 0.4) is 0 Å². The molecule has 3 aromatic rings. The molecular formula is C17H18ClNOS. The Morgan fingerprint density at radius 3 is 2.76 bits per heavy atom. The Morgan fingerprint density at radius 2 is 2.05 bits per heavy atom. The highest BCUT2D eigenvalue weighted by Gasteiger charge is 2.19. The fourth-order valence-electron chi connectivity index (χ4n) is 2.46. The SMILES string of the molecule is CCNC(c1cc2cc(Cl)ccc2o1)c1ccc(CC)s1. The van der Waals surface area contributed by atoms with Gasteiger partial charge in [0.15, 0.2) is 0 Å². The van der Waals surface area contributed by atoms with Gasteiger partial charge in [0, 0.05) is 20.2 Å². The zero-order valence-corrected chi connectivity index (χ0v) is 13.7. The van der Waals surface area contributed by atoms with Crippen LogP contribution >= 0.6 is 22.9 Å². The first-order chi connectivity index (χ1) is 10.2. The van der Waals surface area contributed by atoms with E-state index in [1.807, 2.05) is 29.5 Å². The number of fused-ring (bicyclic) bond motifs is 1. The first-order valence-corrected chi connectivity index (χ1v) is 8.41. The van der Waals surface area contributed by atoms with E-state index in [1.54, 1.807) is 0 Å². The third-order valence-electron chi connectivity index (χ3n) is 3.51. The van der Waals surface area contributed by atoms with Crippen LogP contribution in [0.1, 0.15) is 35.4 Å². The first-order valence-electron chi connectivity index (χ1n) is 7.22. The fourth-order valence-corrected chi connectivity index (χ4v) is 3.68. The molecule has 2 nitrogen and oxygen atoms in total. The van der Waals surface area contributed by atoms with Crippen LogP contribution in [0.15, 0.2) is 40.8 Å². The Kier molecular flexibility index (Phi) is 4.34. The number of furan rings is 1. The van der Waals surface area contributed by atoms with Gasteiger partial charge in [0.25, 0.3) is 0 Å². The number of nitrogens with one attached hydrogen (secondary N) is 1. The number of thiophene rings is 1. The van der Waals surface area contributed by atoms with E-state index in [0.717, 1.165) is 34.7 Å². The second-order valence-corrected chi connectivity index (χ2v) is 6.62. The lowest BCUT2D eigenvalue weighted by Crippen LogP contribution is -2.20. The Balaban J connectivity index is 2.01. The molecule has 1 atom stereocenters. The summed E-state index contributed by atoms with van der Waals surface area (Å²) in [7, 11) is 0. The smallest absolute Gasteiger partial charge is 0.134 e. The van der Waals surface area contributed by atoms with Gasteiger partial charge in [0.05, 0.1) is 0 Å². The van der Waals surface area contributed by atoms with E-state index < -0.39 is 0 Å². The molecule has 1 unspecified atom stereocenters. The molecule has 0 amide bonds. The number of hydrogen-bond donors (Lipinski definition) is 1. The molecule has 0 aliphatic carbocycles. The molecule has 0 fully saturated rings. The van der Waals surface area contributed by atoms with Crippen LogP contribution in [-0.2, 0) is 6.42 Å². The molecule has 0 saturated heterocycles. The molecule has 2 aromatic heterocycles. The van der Waals surface area contributed by atoms with E-state index >= 15 is 0 Å². The van der Waals surface area contributed by atoms with E-state index in [1.165, 1.54) is 9.75 Å². The molecule has 0 saturated carbocycles. The lowest BCUT2D eigenvalue weighted by atomic mass is 10.1. The Labute approximate surface area is 133 Å². The first kappa shape index (κ1) is 14.6. The van der Waals surface area contributed by atoms with Crippen LogP contribution in [0.5, 0.6) is 0 Å². The predicted molar refractivity (Wildman–Crippen MR) is 90.4 cm³/mol. The summed E-state index contributed by atoms with van der Waals surface area (Å²) in [6, 6.07) is 12.3. The van der Waals surface area contributed by atoms with Gasteiger partial charge < -0.3 is 9.73 Å². The van der Waals surface area contributed by atoms with Gasteiger partial charge in [-0.25, -0.2) is 0 Å². The Hall–Kier alpha value is -1.29. The predicted octanol–water partition coefficient (Wildman–Crippen LogP) is 5.41. The van der Waals surface area contributed by atoms with Crippen LogP contribution < -0.4 is 5.32 Å². The summed E-state index contributed by atoms with van der Waals surface area (Å²) >= 11 is 7.89. The number of halogens is 1. The maximum absolute atomic E-state index is 6.05. The Bertz CT molecular complexity index is 746. The van der Waals surface area contributed by atoms with Crippen LogP contribution in [0.25, 0.3) is 11.0 Å². The lowest BCUT2D eigenvalue weighted by Gasteiger charge is -2.13. The van der Waals surface area contributed by atoms with Crippen molar-refractivity contribution in [3.63, 3.8) is 0 Å². The number of hydrogen-bond acceptors (Lipinski definition) is 3. The third-order valence-corrected chi connectivity index (χ3v) is 5.04. The van der Waals surface area contributed by atoms with Crippen LogP contribution in [0.4, 0.5) is 0 Å². The highest BCUT2D eigenvalue weighted by Crippen LogP contribution is 2.33. The van der Waals surface area contributed by atoms with Crippen molar-refractivity contribution in [2.24, 2.45) is 0 Å². The second-order valence-electron chi connectivity index (χ2n) is 4.98. The summed E-state index contributed by atoms with van der Waals surface area (Å²) in [5, 5.41) is 5.30. The minimum Gasteiger partial charge on any atom is -0.459 e. The van der Waals surface area contributed by atoms with E-state index in [9.17, 15) is 0 Å². The molecule has 0 spiro atoms. The van der Waals surface area contributed by atoms with Crippen molar-refractivity contribution in [2.75, 3.05) is 6.54 Å². The molecule has 110 valence electrons. The molecule has 4 heteroatoms. The highest BCUT2D eigenvalue weighted by atomic mass is 35.5. The van der Waals surface area contributed by atoms with Gasteiger partial charge in [-0.2, -0.15) is 0 Å². The zero-order chi connectivity index (χ0) is 14.8. The molecule has 2 heterocycles. The molecule has 0 aliphatic heterocycles. The standard InChI is InChI=1S/C17H18ClNOS/c1-3-13-6-8-16(21-13)17(19-4-2)15-10-11-9-12(18)5-7-14(11)20-15/h5-10,17,19H,3-4H2,1-2H3. The quantitative estimate of drug-likeness (QED) is 0.680. The molecule has 0 aliphatic rings. The highest BCUT2D eigenvalue weighted by molar-refractivity contribution is 7.12. The molecule has 1 aromatic carbocycles. The van der Waals surface area contributed by atoms with Crippen molar-refractivity contribution in [1.82, 2.24) is 5.32 Å². The maximum Gasteiger partial charge on any atom is 0.134 e. The van der Waals surface area contributed by atoms with Gasteiger partial charge in [-0.05, 0) is 49.4 Å². The largest absolute Gasteiger partial charge is 0.459 e. The van der Waals surface area contributed by atoms with Crippen LogP contribution in [0.2, 0.25) is 5.02 Å². The average molecular weight is 320 g/mol. The topological polar surface area (TPSA) is 25.2 Å². The van der Waals surface area contributed by atoms with E-state index in [2.05, 4.69) is 37.4 Å². The number of benzene rings is 1. The molecule has 0 bridgehead atoms. The van der Waals surface area contributed by atoms with Crippen molar-refractivity contribution < 1.29 is 4.42 Å². The average Bonchev–Trinajstić information content (AvgIpc) is 3.10. The minimum atomic E-state index is 0.103. The van der Waals surface area contributed by atoms with Gasteiger partial charge >= 0.3 is 0 Å². The number of aryl methyl sites for hydroxylation is 1. The van der Waals surface area contributed by atoms with E-state index in [0.29, 0.717) is 0 Å². The lowest BCUT2D eigenvalue weighted by molar-refractivity contribution is 0.481. The third kappa shape index (κ3) is 3.00. The number of rotatable bonds is 5. The summed E-state index contributed by atoms with van der Waals surface area (Å²) in [4.78, 5) is 2.69. The van der Waals surface area contributed by atoms with E-state index in [-0.39, 0.29) is 6.04 Å². The van der Waals surface area contributed by atoms with Gasteiger partial charge in [-0.3, -0.25) is 0 Å². The fraction of sp³-hybridized carbons (Fsp3) is 0.294. The normalized spacial score (nSPS) is 12.9. The van der Waals surface area contributed by atoms with Crippen molar-refractivity contribution in [3.05, 3.63) is 56.9 Å². The van der Waals surface area contributed by atoms with E-state index in [4.69, 9.17) is 16.0 Å². The monoisotopic (exact) mass is 319 g/mol. The van der Waals surface area contributed by atoms with Gasteiger partial charge in [0.1, 0.15) is 17.4 Å². The minimum absolute atomic E-state index is 0.103. The second kappa shape index (κ2) is 6.22. The molecule has 0 radical (unpaired) electrons. The molecule has 1 N–H and O–H groups in total. The van der Waals surface area contributed by atoms with Gasteiger partial charge in [-0.15, -0.1) is 11.3 Å². The molecular weight excluding hydrogens is 302 g/mol. The molecule has 3 rings (SSSR count). The van der Waals surface area contributed by atoms with Crippen LogP contribution in [0, 0.1) is 0 Å². The summed E-state index contributed by atoms with van der Waals surface area (Å²) in [6.07, 6.45) is 1.07. The Morgan fingerprint density at radius 1 is 1.19 bits per heavy atom. The summed E-state index contributed by atoms with van der Waals surface area (Å²) in [5.41, 5.74) is 0.879. The zero-order valence-electron chi connectivity index (χ0n) is 12.2. The van der Waals surface area contributed by atoms with Crippen molar-refractivity contribution >= 4 is 33.9 Å². The van der Waals surface area contributed by atoms with Crippen molar-refractivity contribution in [1.29, 1.82) is 0 Å². The van der Waals surface area contributed by atoms with Crippen molar-refractivity contribution in [2.45, 2.75) is 26.3 Å². The summed E-state index contributed by atoms with van der Waals surface area (Å²) < 4.78 is 6.02. The van der Waals surface area contributed by atoms with Crippen LogP contribution in [-0.4, -0.2) is 6.54 Å².